The van der Waals surface area contributed by atoms with Crippen molar-refractivity contribution in [2.45, 2.75) is 26.7 Å². The third-order valence-corrected chi connectivity index (χ3v) is 6.86. The van der Waals surface area contributed by atoms with Gasteiger partial charge in [-0.3, -0.25) is 14.6 Å². The smallest absolute Gasteiger partial charge is 0.255 e. The van der Waals surface area contributed by atoms with E-state index >= 15 is 0 Å². The number of rotatable bonds is 6. The lowest BCUT2D eigenvalue weighted by molar-refractivity contribution is 0.0989. The highest BCUT2D eigenvalue weighted by Gasteiger charge is 2.18. The number of hydrogen-bond donors (Lipinski definition) is 2. The van der Waals surface area contributed by atoms with Gasteiger partial charge in [-0.1, -0.05) is 42.0 Å². The van der Waals surface area contributed by atoms with Gasteiger partial charge in [-0.25, -0.2) is 0 Å². The number of nitrogens with zero attached hydrogens (tertiary/aromatic N) is 3. The molecule has 7 nitrogen and oxygen atoms in total. The minimum Gasteiger partial charge on any atom is -0.506 e. The molecule has 3 aromatic rings. The fourth-order valence-corrected chi connectivity index (χ4v) is 4.54. The zero-order chi connectivity index (χ0) is 26.4. The van der Waals surface area contributed by atoms with Crippen LogP contribution in [-0.4, -0.2) is 60.8 Å². The lowest BCUT2D eigenvalue weighted by atomic mass is 10.00. The van der Waals surface area contributed by atoms with Gasteiger partial charge < -0.3 is 20.2 Å². The first-order valence-corrected chi connectivity index (χ1v) is 12.6. The summed E-state index contributed by atoms with van der Waals surface area (Å²) in [5.74, 6) is 0.563. The van der Waals surface area contributed by atoms with Crippen molar-refractivity contribution in [3.8, 4) is 5.75 Å². The number of aliphatic imine (C=N–C) groups is 1. The molecule has 1 fully saturated rings. The van der Waals surface area contributed by atoms with Crippen molar-refractivity contribution in [2.75, 3.05) is 43.4 Å². The van der Waals surface area contributed by atoms with Crippen LogP contribution in [0.4, 0.5) is 11.4 Å². The van der Waals surface area contributed by atoms with Crippen molar-refractivity contribution in [3.05, 3.63) is 89.0 Å². The highest BCUT2D eigenvalue weighted by atomic mass is 16.3. The summed E-state index contributed by atoms with van der Waals surface area (Å²) in [6.07, 6.45) is 1.10. The summed E-state index contributed by atoms with van der Waals surface area (Å²) >= 11 is 0. The van der Waals surface area contributed by atoms with E-state index in [1.807, 2.05) is 45.2 Å². The molecule has 0 unspecified atom stereocenters. The van der Waals surface area contributed by atoms with Crippen molar-refractivity contribution < 1.29 is 14.7 Å². The number of benzene rings is 3. The van der Waals surface area contributed by atoms with Gasteiger partial charge in [0.15, 0.2) is 5.78 Å². The van der Waals surface area contributed by atoms with E-state index in [-0.39, 0.29) is 29.5 Å². The standard InChI is InChI=1S/C30H34N4O3/c1-21-8-10-23(11-9-21)28(36)20-25-6-4-7-27(35)29(25)32-30(37)24-12-14-26(15-13-24)34-17-5-16-33(18-19-34)22(2)31-3/h4,6-15,35H,5,16-20H2,1-3H3,(H,32,37). The number of nitrogens with one attached hydrogen (secondary N) is 1. The van der Waals surface area contributed by atoms with Crippen LogP contribution in [0, 0.1) is 6.92 Å². The molecule has 4 rings (SSSR count). The molecule has 0 spiro atoms. The number of carbonyl (C=O) groups excluding carboxylic acids is 2. The van der Waals surface area contributed by atoms with Crippen LogP contribution in [-0.2, 0) is 6.42 Å². The molecule has 1 aliphatic rings. The topological polar surface area (TPSA) is 85.2 Å². The average Bonchev–Trinajstić information content (AvgIpc) is 3.17. The number of ketones is 1. The number of para-hydroxylation sites is 1. The van der Waals surface area contributed by atoms with Gasteiger partial charge >= 0.3 is 0 Å². The summed E-state index contributed by atoms with van der Waals surface area (Å²) in [5, 5.41) is 13.3. The van der Waals surface area contributed by atoms with Crippen LogP contribution < -0.4 is 10.2 Å². The van der Waals surface area contributed by atoms with Gasteiger partial charge in [-0.05, 0) is 56.2 Å². The number of phenolic OH excluding ortho intramolecular Hbond substituents is 1. The van der Waals surface area contributed by atoms with Gasteiger partial charge in [0.1, 0.15) is 5.75 Å². The molecule has 1 saturated heterocycles. The molecule has 1 amide bonds. The summed E-state index contributed by atoms with van der Waals surface area (Å²) in [6.45, 7) is 7.72. The van der Waals surface area contributed by atoms with E-state index < -0.39 is 0 Å². The average molecular weight is 499 g/mol. The highest BCUT2D eigenvalue weighted by molar-refractivity contribution is 6.06. The maximum Gasteiger partial charge on any atom is 0.255 e. The van der Waals surface area contributed by atoms with Crippen molar-refractivity contribution in [1.29, 1.82) is 0 Å². The second kappa shape index (κ2) is 11.7. The van der Waals surface area contributed by atoms with E-state index in [1.165, 1.54) is 6.07 Å². The maximum absolute atomic E-state index is 13.1. The minimum atomic E-state index is -0.339. The second-order valence-electron chi connectivity index (χ2n) is 9.38. The Labute approximate surface area is 218 Å². The molecule has 1 aliphatic heterocycles. The van der Waals surface area contributed by atoms with E-state index in [2.05, 4.69) is 20.1 Å². The molecule has 0 bridgehead atoms. The molecule has 37 heavy (non-hydrogen) atoms. The Kier molecular flexibility index (Phi) is 8.23. The predicted molar refractivity (Wildman–Crippen MR) is 149 cm³/mol. The summed E-state index contributed by atoms with van der Waals surface area (Å²) in [5.41, 5.74) is 4.04. The molecule has 3 aromatic carbocycles. The van der Waals surface area contributed by atoms with Crippen LogP contribution in [0.15, 0.2) is 71.7 Å². The Morgan fingerprint density at radius 2 is 1.62 bits per heavy atom. The molecule has 0 saturated carbocycles. The summed E-state index contributed by atoms with van der Waals surface area (Å²) in [4.78, 5) is 34.8. The Hall–Kier alpha value is -4.13. The number of amides is 1. The molecule has 0 aliphatic carbocycles. The maximum atomic E-state index is 13.1. The highest BCUT2D eigenvalue weighted by Crippen LogP contribution is 2.29. The third-order valence-electron chi connectivity index (χ3n) is 6.86. The first kappa shape index (κ1) is 25.9. The van der Waals surface area contributed by atoms with E-state index in [4.69, 9.17) is 0 Å². The molecular formula is C30H34N4O3. The quantitative estimate of drug-likeness (QED) is 0.218. The Morgan fingerprint density at radius 1 is 0.919 bits per heavy atom. The van der Waals surface area contributed by atoms with E-state index in [9.17, 15) is 14.7 Å². The molecule has 2 N–H and O–H groups in total. The van der Waals surface area contributed by atoms with Crippen molar-refractivity contribution in [3.63, 3.8) is 0 Å². The summed E-state index contributed by atoms with van der Waals surface area (Å²) < 4.78 is 0. The lowest BCUT2D eigenvalue weighted by Gasteiger charge is -2.24. The number of carbonyl (C=O) groups is 2. The first-order valence-electron chi connectivity index (χ1n) is 12.6. The Morgan fingerprint density at radius 3 is 2.32 bits per heavy atom. The number of amidine groups is 1. The number of aryl methyl sites for hydroxylation is 1. The van der Waals surface area contributed by atoms with Crippen LogP contribution in [0.25, 0.3) is 0 Å². The summed E-state index contributed by atoms with van der Waals surface area (Å²) in [7, 11) is 1.82. The van der Waals surface area contributed by atoms with Gasteiger partial charge in [-0.15, -0.1) is 0 Å². The van der Waals surface area contributed by atoms with Crippen molar-refractivity contribution >= 4 is 28.9 Å². The zero-order valence-electron chi connectivity index (χ0n) is 21.7. The Balaban J connectivity index is 1.44. The SMILES string of the molecule is CN=C(C)N1CCCN(c2ccc(C(=O)Nc3c(O)cccc3CC(=O)c3ccc(C)cc3)cc2)CC1. The molecule has 0 aromatic heterocycles. The van der Waals surface area contributed by atoms with Crippen LogP contribution in [0.2, 0.25) is 0 Å². The molecule has 0 radical (unpaired) electrons. The van der Waals surface area contributed by atoms with E-state index in [1.54, 1.807) is 36.4 Å². The first-order chi connectivity index (χ1) is 17.9. The largest absolute Gasteiger partial charge is 0.506 e. The molecule has 192 valence electrons. The molecular weight excluding hydrogens is 464 g/mol. The number of hydrogen-bond acceptors (Lipinski definition) is 5. The van der Waals surface area contributed by atoms with Crippen molar-refractivity contribution in [2.24, 2.45) is 4.99 Å². The lowest BCUT2D eigenvalue weighted by Crippen LogP contribution is -2.33. The van der Waals surface area contributed by atoms with Crippen LogP contribution >= 0.6 is 0 Å². The molecule has 7 heteroatoms. The monoisotopic (exact) mass is 498 g/mol. The fraction of sp³-hybridized carbons (Fsp3) is 0.300. The number of aromatic hydroxyl groups is 1. The van der Waals surface area contributed by atoms with E-state index in [0.717, 1.165) is 49.7 Å². The molecule has 0 atom stereocenters. The van der Waals surface area contributed by atoms with E-state index in [0.29, 0.717) is 16.7 Å². The minimum absolute atomic E-state index is 0.0696. The third kappa shape index (κ3) is 6.36. The van der Waals surface area contributed by atoms with Gasteiger partial charge in [0.05, 0.1) is 11.5 Å². The summed E-state index contributed by atoms with van der Waals surface area (Å²) in [6, 6.07) is 19.8. The van der Waals surface area contributed by atoms with Crippen molar-refractivity contribution in [1.82, 2.24) is 4.90 Å². The van der Waals surface area contributed by atoms with Gasteiger partial charge in [0.2, 0.25) is 0 Å². The number of phenols is 1. The number of anilines is 2. The Bertz CT molecular complexity index is 1280. The fourth-order valence-electron chi connectivity index (χ4n) is 4.54. The molecule has 1 heterocycles. The van der Waals surface area contributed by atoms with Gasteiger partial charge in [-0.2, -0.15) is 0 Å². The van der Waals surface area contributed by atoms with Crippen LogP contribution in [0.5, 0.6) is 5.75 Å². The zero-order valence-corrected chi connectivity index (χ0v) is 21.7. The van der Waals surface area contributed by atoms with Gasteiger partial charge in [0.25, 0.3) is 5.91 Å². The van der Waals surface area contributed by atoms with Crippen LogP contribution in [0.3, 0.4) is 0 Å². The van der Waals surface area contributed by atoms with Gasteiger partial charge in [0, 0.05) is 56.5 Å². The number of Topliss-reactive ketones (excluding diaryl/α,β-unsaturated/α-hetero) is 1. The second-order valence-corrected chi connectivity index (χ2v) is 9.38. The normalized spacial score (nSPS) is 14.3. The van der Waals surface area contributed by atoms with Crippen LogP contribution in [0.1, 0.15) is 45.2 Å². The predicted octanol–water partition coefficient (Wildman–Crippen LogP) is 4.94.